The third kappa shape index (κ3) is 5.24. The highest BCUT2D eigenvalue weighted by molar-refractivity contribution is 4.87. The molecule has 0 amide bonds. The summed E-state index contributed by atoms with van der Waals surface area (Å²) in [6.07, 6.45) is 2.92. The highest BCUT2D eigenvalue weighted by atomic mass is 14.6. The van der Waals surface area contributed by atoms with Crippen LogP contribution in [0.25, 0.3) is 0 Å². The van der Waals surface area contributed by atoms with E-state index in [2.05, 4.69) is 33.8 Å². The van der Waals surface area contributed by atoms with E-state index in [0.29, 0.717) is 11.8 Å². The maximum atomic E-state index is 8.97. The van der Waals surface area contributed by atoms with Gasteiger partial charge in [0.15, 0.2) is 0 Å². The first kappa shape index (κ1) is 13.4. The van der Waals surface area contributed by atoms with Crippen LogP contribution in [0.3, 0.4) is 0 Å². The van der Waals surface area contributed by atoms with Gasteiger partial charge in [0.05, 0.1) is 6.07 Å². The van der Waals surface area contributed by atoms with Crippen molar-refractivity contribution in [2.24, 2.45) is 23.5 Å². The van der Waals surface area contributed by atoms with Crippen molar-refractivity contribution in [2.45, 2.75) is 53.0 Å². The molecule has 0 heterocycles. The largest absolute Gasteiger partial charge is 0.327 e. The van der Waals surface area contributed by atoms with Crippen LogP contribution in [0.2, 0.25) is 0 Å². The highest BCUT2D eigenvalue weighted by Gasteiger charge is 2.17. The van der Waals surface area contributed by atoms with E-state index >= 15 is 0 Å². The minimum absolute atomic E-state index is 0.138. The molecule has 3 atom stereocenters. The number of nitrogens with zero attached hydrogens (tertiary/aromatic N) is 1. The molecule has 2 heteroatoms. The molecule has 0 fully saturated rings. The molecule has 0 saturated carbocycles. The number of rotatable bonds is 6. The van der Waals surface area contributed by atoms with E-state index in [0.717, 1.165) is 19.3 Å². The lowest BCUT2D eigenvalue weighted by atomic mass is 9.87. The van der Waals surface area contributed by atoms with E-state index in [1.807, 2.05) is 0 Å². The van der Waals surface area contributed by atoms with Gasteiger partial charge in [0.25, 0.3) is 0 Å². The molecule has 2 nitrogen and oxygen atoms in total. The van der Waals surface area contributed by atoms with Gasteiger partial charge >= 0.3 is 0 Å². The third-order valence-electron chi connectivity index (χ3n) is 2.87. The molecule has 0 spiro atoms. The van der Waals surface area contributed by atoms with Gasteiger partial charge in [-0.1, -0.05) is 34.1 Å². The zero-order valence-corrected chi connectivity index (χ0v) is 9.96. The summed E-state index contributed by atoms with van der Waals surface area (Å²) in [5, 5.41) is 8.97. The Hall–Kier alpha value is -0.550. The first-order valence-electron chi connectivity index (χ1n) is 5.66. The van der Waals surface area contributed by atoms with Gasteiger partial charge in [0.2, 0.25) is 0 Å². The molecule has 82 valence electrons. The lowest BCUT2D eigenvalue weighted by Crippen LogP contribution is -2.30. The van der Waals surface area contributed by atoms with Gasteiger partial charge in [-0.25, -0.2) is 0 Å². The fourth-order valence-electron chi connectivity index (χ4n) is 1.63. The van der Waals surface area contributed by atoms with E-state index in [1.165, 1.54) is 0 Å². The summed E-state index contributed by atoms with van der Waals surface area (Å²) < 4.78 is 0. The third-order valence-corrected chi connectivity index (χ3v) is 2.87. The van der Waals surface area contributed by atoms with Crippen molar-refractivity contribution < 1.29 is 0 Å². The molecule has 0 aliphatic rings. The molecule has 0 aliphatic carbocycles. The summed E-state index contributed by atoms with van der Waals surface area (Å²) >= 11 is 0. The molecule has 2 N–H and O–H groups in total. The highest BCUT2D eigenvalue weighted by Crippen LogP contribution is 2.19. The molecule has 0 saturated heterocycles. The van der Waals surface area contributed by atoms with E-state index < -0.39 is 0 Å². The normalized spacial score (nSPS) is 17.5. The lowest BCUT2D eigenvalue weighted by molar-refractivity contribution is 0.355. The smallest absolute Gasteiger partial charge is 0.0656 e. The Morgan fingerprint density at radius 2 is 1.79 bits per heavy atom. The van der Waals surface area contributed by atoms with Crippen molar-refractivity contribution in [3.63, 3.8) is 0 Å². The van der Waals surface area contributed by atoms with Gasteiger partial charge in [0.1, 0.15) is 0 Å². The molecule has 0 bridgehead atoms. The monoisotopic (exact) mass is 196 g/mol. The fraction of sp³-hybridized carbons (Fsp3) is 0.917. The van der Waals surface area contributed by atoms with E-state index in [-0.39, 0.29) is 12.0 Å². The Balaban J connectivity index is 3.99. The van der Waals surface area contributed by atoms with Crippen molar-refractivity contribution in [3.8, 4) is 6.07 Å². The first-order valence-corrected chi connectivity index (χ1v) is 5.66. The van der Waals surface area contributed by atoms with Crippen molar-refractivity contribution in [3.05, 3.63) is 0 Å². The van der Waals surface area contributed by atoms with Crippen LogP contribution in [-0.4, -0.2) is 6.04 Å². The van der Waals surface area contributed by atoms with Gasteiger partial charge in [-0.3, -0.25) is 0 Å². The summed E-state index contributed by atoms with van der Waals surface area (Å²) in [4.78, 5) is 0. The number of nitriles is 1. The lowest BCUT2D eigenvalue weighted by Gasteiger charge is -2.21. The minimum Gasteiger partial charge on any atom is -0.327 e. The second kappa shape index (κ2) is 6.84. The molecule has 0 aromatic heterocycles. The van der Waals surface area contributed by atoms with Crippen LogP contribution < -0.4 is 5.73 Å². The predicted molar refractivity (Wildman–Crippen MR) is 60.6 cm³/mol. The molecule has 0 rings (SSSR count). The van der Waals surface area contributed by atoms with Crippen molar-refractivity contribution in [1.82, 2.24) is 0 Å². The maximum absolute atomic E-state index is 8.97. The molecular formula is C12H24N2. The van der Waals surface area contributed by atoms with Crippen LogP contribution in [0.15, 0.2) is 0 Å². The van der Waals surface area contributed by atoms with E-state index in [9.17, 15) is 0 Å². The zero-order chi connectivity index (χ0) is 11.1. The van der Waals surface area contributed by atoms with Crippen molar-refractivity contribution in [2.75, 3.05) is 0 Å². The van der Waals surface area contributed by atoms with Crippen LogP contribution >= 0.6 is 0 Å². The Morgan fingerprint density at radius 3 is 2.14 bits per heavy atom. The standard InChI is InChI=1S/C12H24N2/c1-5-10(4)12(14)7-11(8-13)6-9(2)3/h9-12H,5-7,14H2,1-4H3. The quantitative estimate of drug-likeness (QED) is 0.710. The molecule has 0 radical (unpaired) electrons. The molecular weight excluding hydrogens is 172 g/mol. The van der Waals surface area contributed by atoms with E-state index in [1.54, 1.807) is 0 Å². The van der Waals surface area contributed by atoms with Gasteiger partial charge < -0.3 is 5.73 Å². The van der Waals surface area contributed by atoms with Crippen LogP contribution in [0.1, 0.15) is 47.0 Å². The predicted octanol–water partition coefficient (Wildman–Crippen LogP) is 2.94. The topological polar surface area (TPSA) is 49.8 Å². The molecule has 3 unspecified atom stereocenters. The Morgan fingerprint density at radius 1 is 1.21 bits per heavy atom. The van der Waals surface area contributed by atoms with Crippen molar-refractivity contribution in [1.29, 1.82) is 5.26 Å². The first-order chi connectivity index (χ1) is 6.51. The summed E-state index contributed by atoms with van der Waals surface area (Å²) in [5.74, 6) is 1.25. The zero-order valence-electron chi connectivity index (χ0n) is 9.96. The average molecular weight is 196 g/mol. The minimum atomic E-state index is 0.138. The number of nitrogens with two attached hydrogens (primary N) is 1. The van der Waals surface area contributed by atoms with Gasteiger partial charge in [-0.2, -0.15) is 5.26 Å². The summed E-state index contributed by atoms with van der Waals surface area (Å²) in [5.41, 5.74) is 6.03. The van der Waals surface area contributed by atoms with Gasteiger partial charge in [-0.05, 0) is 24.7 Å². The van der Waals surface area contributed by atoms with Crippen LogP contribution in [0, 0.1) is 29.1 Å². The second-order valence-electron chi connectivity index (χ2n) is 4.74. The Kier molecular flexibility index (Phi) is 6.57. The fourth-order valence-corrected chi connectivity index (χ4v) is 1.63. The average Bonchev–Trinajstić information content (AvgIpc) is 2.14. The molecule has 0 aromatic carbocycles. The number of hydrogen-bond acceptors (Lipinski definition) is 2. The second-order valence-corrected chi connectivity index (χ2v) is 4.74. The van der Waals surface area contributed by atoms with Crippen LogP contribution in [0.4, 0.5) is 0 Å². The maximum Gasteiger partial charge on any atom is 0.0656 e. The molecule has 0 aliphatic heterocycles. The van der Waals surface area contributed by atoms with Crippen molar-refractivity contribution >= 4 is 0 Å². The van der Waals surface area contributed by atoms with E-state index in [4.69, 9.17) is 11.0 Å². The summed E-state index contributed by atoms with van der Waals surface area (Å²) in [6, 6.07) is 2.55. The van der Waals surface area contributed by atoms with Gasteiger partial charge in [-0.15, -0.1) is 0 Å². The summed E-state index contributed by atoms with van der Waals surface area (Å²) in [6.45, 7) is 8.61. The SMILES string of the molecule is CCC(C)C(N)CC(C#N)CC(C)C. The Bertz CT molecular complexity index is 181. The molecule has 14 heavy (non-hydrogen) atoms. The van der Waals surface area contributed by atoms with Crippen LogP contribution in [0.5, 0.6) is 0 Å². The Labute approximate surface area is 88.5 Å². The molecule has 0 aromatic rings. The number of hydrogen-bond donors (Lipinski definition) is 1. The summed E-state index contributed by atoms with van der Waals surface area (Å²) in [7, 11) is 0. The van der Waals surface area contributed by atoms with Crippen LogP contribution in [-0.2, 0) is 0 Å². The van der Waals surface area contributed by atoms with Gasteiger partial charge in [0, 0.05) is 12.0 Å².